The molecule has 1 atom stereocenters. The van der Waals surface area contributed by atoms with Gasteiger partial charge in [0.15, 0.2) is 0 Å². The van der Waals surface area contributed by atoms with Crippen molar-refractivity contribution in [3.8, 4) is 0 Å². The van der Waals surface area contributed by atoms with Crippen molar-refractivity contribution in [3.63, 3.8) is 0 Å². The zero-order chi connectivity index (χ0) is 18.6. The fraction of sp³-hybridized carbons (Fsp3) is 0.316. The number of nitro groups is 1. The number of carbonyl (C=O) groups excluding carboxylic acids is 1. The van der Waals surface area contributed by atoms with Crippen molar-refractivity contribution >= 4 is 17.3 Å². The van der Waals surface area contributed by atoms with Crippen LogP contribution < -0.4 is 10.6 Å². The molecule has 1 unspecified atom stereocenters. The van der Waals surface area contributed by atoms with Crippen LogP contribution in [0.5, 0.6) is 0 Å². The Bertz CT molecular complexity index is 767. The van der Waals surface area contributed by atoms with Crippen LogP contribution in [0, 0.1) is 15.5 Å². The summed E-state index contributed by atoms with van der Waals surface area (Å²) in [7, 11) is 1.49. The Morgan fingerprint density at radius 1 is 1.12 bits per heavy atom. The molecule has 1 amide bonds. The van der Waals surface area contributed by atoms with Crippen molar-refractivity contribution < 1.29 is 9.72 Å². The van der Waals surface area contributed by atoms with Gasteiger partial charge in [0.1, 0.15) is 5.69 Å². The van der Waals surface area contributed by atoms with Crippen molar-refractivity contribution in [1.29, 1.82) is 0 Å². The topological polar surface area (TPSA) is 84.3 Å². The molecule has 0 aromatic heterocycles. The van der Waals surface area contributed by atoms with Gasteiger partial charge in [-0.25, -0.2) is 0 Å². The quantitative estimate of drug-likeness (QED) is 0.632. The van der Waals surface area contributed by atoms with Crippen LogP contribution in [-0.2, 0) is 0 Å². The summed E-state index contributed by atoms with van der Waals surface area (Å²) in [4.78, 5) is 22.8. The molecule has 0 aliphatic heterocycles. The van der Waals surface area contributed by atoms with Crippen LogP contribution in [0.2, 0.25) is 0 Å². The number of hydrogen-bond donors (Lipinski definition) is 2. The minimum atomic E-state index is -0.473. The molecule has 6 heteroatoms. The SMILES string of the molecule is CNC(=O)c1ccc(NC(c2ccccc2)C(C)(C)C)c([N+](=O)[O-])c1. The van der Waals surface area contributed by atoms with Gasteiger partial charge in [-0.1, -0.05) is 51.1 Å². The Balaban J connectivity index is 2.45. The molecule has 0 aliphatic rings. The predicted octanol–water partition coefficient (Wildman–Crippen LogP) is 4.15. The fourth-order valence-electron chi connectivity index (χ4n) is 2.69. The van der Waals surface area contributed by atoms with E-state index in [9.17, 15) is 14.9 Å². The highest BCUT2D eigenvalue weighted by Crippen LogP contribution is 2.38. The molecule has 0 spiro atoms. The van der Waals surface area contributed by atoms with Gasteiger partial charge in [0, 0.05) is 18.7 Å². The molecule has 2 aromatic carbocycles. The molecule has 25 heavy (non-hydrogen) atoms. The summed E-state index contributed by atoms with van der Waals surface area (Å²) in [6, 6.07) is 14.1. The van der Waals surface area contributed by atoms with E-state index in [4.69, 9.17) is 0 Å². The summed E-state index contributed by atoms with van der Waals surface area (Å²) in [5, 5.41) is 17.3. The van der Waals surface area contributed by atoms with E-state index in [1.807, 2.05) is 30.3 Å². The highest BCUT2D eigenvalue weighted by Gasteiger charge is 2.28. The fourth-order valence-corrected chi connectivity index (χ4v) is 2.69. The van der Waals surface area contributed by atoms with Crippen molar-refractivity contribution in [3.05, 3.63) is 69.8 Å². The normalized spacial score (nSPS) is 12.3. The first kappa shape index (κ1) is 18.4. The van der Waals surface area contributed by atoms with Gasteiger partial charge in [-0.15, -0.1) is 0 Å². The number of nitrogens with zero attached hydrogens (tertiary/aromatic N) is 1. The zero-order valence-corrected chi connectivity index (χ0v) is 14.9. The van der Waals surface area contributed by atoms with Crippen LogP contribution in [-0.4, -0.2) is 17.9 Å². The number of hydrogen-bond acceptors (Lipinski definition) is 4. The van der Waals surface area contributed by atoms with Crippen LogP contribution in [0.1, 0.15) is 42.7 Å². The van der Waals surface area contributed by atoms with Crippen molar-refractivity contribution in [2.75, 3.05) is 12.4 Å². The summed E-state index contributed by atoms with van der Waals surface area (Å²) in [6.45, 7) is 6.22. The molecule has 0 fully saturated rings. The summed E-state index contributed by atoms with van der Waals surface area (Å²) >= 11 is 0. The zero-order valence-electron chi connectivity index (χ0n) is 14.9. The minimum Gasteiger partial charge on any atom is -0.372 e. The maximum atomic E-state index is 11.7. The van der Waals surface area contributed by atoms with Gasteiger partial charge in [0.05, 0.1) is 11.0 Å². The van der Waals surface area contributed by atoms with Crippen LogP contribution in [0.4, 0.5) is 11.4 Å². The van der Waals surface area contributed by atoms with E-state index in [0.717, 1.165) is 5.56 Å². The monoisotopic (exact) mass is 341 g/mol. The Morgan fingerprint density at radius 2 is 1.76 bits per heavy atom. The van der Waals surface area contributed by atoms with Gasteiger partial charge in [0.2, 0.25) is 0 Å². The number of anilines is 1. The van der Waals surface area contributed by atoms with Gasteiger partial charge < -0.3 is 10.6 Å². The summed E-state index contributed by atoms with van der Waals surface area (Å²) in [5.74, 6) is -0.356. The predicted molar refractivity (Wildman–Crippen MR) is 98.7 cm³/mol. The van der Waals surface area contributed by atoms with Gasteiger partial charge >= 0.3 is 0 Å². The van der Waals surface area contributed by atoms with Gasteiger partial charge in [-0.3, -0.25) is 14.9 Å². The molecule has 2 N–H and O–H groups in total. The first-order valence-corrected chi connectivity index (χ1v) is 8.06. The largest absolute Gasteiger partial charge is 0.372 e. The smallest absolute Gasteiger partial charge is 0.293 e. The first-order chi connectivity index (χ1) is 11.7. The molecular formula is C19H23N3O3. The third-order valence-electron chi connectivity index (χ3n) is 3.98. The Labute approximate surface area is 147 Å². The third-order valence-corrected chi connectivity index (χ3v) is 3.98. The highest BCUT2D eigenvalue weighted by molar-refractivity contribution is 5.95. The Hall–Kier alpha value is -2.89. The number of rotatable bonds is 5. The van der Waals surface area contributed by atoms with E-state index < -0.39 is 4.92 Å². The average Bonchev–Trinajstić information content (AvgIpc) is 2.58. The molecule has 2 rings (SSSR count). The Morgan fingerprint density at radius 3 is 2.28 bits per heavy atom. The van der Waals surface area contributed by atoms with Gasteiger partial charge in [-0.2, -0.15) is 0 Å². The number of amides is 1. The lowest BCUT2D eigenvalue weighted by molar-refractivity contribution is -0.384. The van der Waals surface area contributed by atoms with E-state index in [1.165, 1.54) is 13.1 Å². The Kier molecular flexibility index (Phi) is 5.41. The van der Waals surface area contributed by atoms with Crippen molar-refractivity contribution in [2.45, 2.75) is 26.8 Å². The van der Waals surface area contributed by atoms with Crippen LogP contribution in [0.15, 0.2) is 48.5 Å². The molecule has 132 valence electrons. The lowest BCUT2D eigenvalue weighted by Gasteiger charge is -2.32. The average molecular weight is 341 g/mol. The van der Waals surface area contributed by atoms with Gasteiger partial charge in [-0.05, 0) is 23.1 Å². The maximum Gasteiger partial charge on any atom is 0.293 e. The molecular weight excluding hydrogens is 318 g/mol. The maximum absolute atomic E-state index is 11.7. The third kappa shape index (κ3) is 4.35. The van der Waals surface area contributed by atoms with E-state index in [1.54, 1.807) is 12.1 Å². The van der Waals surface area contributed by atoms with Gasteiger partial charge in [0.25, 0.3) is 11.6 Å². The number of carbonyl (C=O) groups is 1. The molecule has 0 saturated carbocycles. The highest BCUT2D eigenvalue weighted by atomic mass is 16.6. The first-order valence-electron chi connectivity index (χ1n) is 8.06. The second-order valence-corrected chi connectivity index (χ2v) is 6.92. The van der Waals surface area contributed by atoms with E-state index >= 15 is 0 Å². The van der Waals surface area contributed by atoms with E-state index in [-0.39, 0.29) is 28.6 Å². The van der Waals surface area contributed by atoms with Crippen LogP contribution in [0.3, 0.4) is 0 Å². The molecule has 6 nitrogen and oxygen atoms in total. The molecule has 0 heterocycles. The molecule has 0 aliphatic carbocycles. The number of benzene rings is 2. The number of nitro benzene ring substituents is 1. The van der Waals surface area contributed by atoms with Crippen LogP contribution in [0.25, 0.3) is 0 Å². The lowest BCUT2D eigenvalue weighted by atomic mass is 9.82. The van der Waals surface area contributed by atoms with E-state index in [2.05, 4.69) is 31.4 Å². The summed E-state index contributed by atoms with van der Waals surface area (Å²) in [5.41, 5.74) is 1.40. The van der Waals surface area contributed by atoms with E-state index in [0.29, 0.717) is 5.69 Å². The second-order valence-electron chi connectivity index (χ2n) is 6.92. The standard InChI is InChI=1S/C19H23N3O3/c1-19(2,3)17(13-8-6-5-7-9-13)21-15-11-10-14(18(23)20-4)12-16(15)22(24)25/h5-12,17,21H,1-4H3,(H,20,23). The molecule has 2 aromatic rings. The summed E-state index contributed by atoms with van der Waals surface area (Å²) < 4.78 is 0. The molecule has 0 bridgehead atoms. The number of nitrogens with one attached hydrogen (secondary N) is 2. The molecule has 0 saturated heterocycles. The van der Waals surface area contributed by atoms with Crippen LogP contribution >= 0.6 is 0 Å². The lowest BCUT2D eigenvalue weighted by Crippen LogP contribution is -2.26. The van der Waals surface area contributed by atoms with Crippen molar-refractivity contribution in [2.24, 2.45) is 5.41 Å². The minimum absolute atomic E-state index is 0.119. The summed E-state index contributed by atoms with van der Waals surface area (Å²) in [6.07, 6.45) is 0. The molecule has 0 radical (unpaired) electrons. The van der Waals surface area contributed by atoms with Crippen molar-refractivity contribution in [1.82, 2.24) is 5.32 Å². The second kappa shape index (κ2) is 7.34.